The normalized spacial score (nSPS) is 24.7. The Morgan fingerprint density at radius 3 is 2.70 bits per heavy atom. The SMILES string of the molecule is CNC(=O)C[C@@]12C[C@@H](C)C[C@@H](C1)N2C(=O)Nc1ccc(C)c(-c2ncc(F)cn2)c1. The molecule has 30 heavy (non-hydrogen) atoms. The summed E-state index contributed by atoms with van der Waals surface area (Å²) in [6.45, 7) is 4.09. The van der Waals surface area contributed by atoms with Gasteiger partial charge in [0.15, 0.2) is 11.6 Å². The predicted octanol–water partition coefficient (Wildman–Crippen LogP) is 3.50. The molecule has 2 N–H and O–H groups in total. The highest BCUT2D eigenvalue weighted by Crippen LogP contribution is 2.51. The van der Waals surface area contributed by atoms with E-state index in [0.717, 1.165) is 42.8 Å². The number of aryl methyl sites for hydroxylation is 1. The maximum Gasteiger partial charge on any atom is 0.322 e. The van der Waals surface area contributed by atoms with Gasteiger partial charge in [-0.2, -0.15) is 0 Å². The van der Waals surface area contributed by atoms with Crippen LogP contribution in [0.4, 0.5) is 14.9 Å². The lowest BCUT2D eigenvalue weighted by Gasteiger charge is -2.63. The Labute approximate surface area is 175 Å². The minimum Gasteiger partial charge on any atom is -0.359 e. The molecular weight excluding hydrogens is 385 g/mol. The van der Waals surface area contributed by atoms with E-state index in [1.165, 1.54) is 0 Å². The lowest BCUT2D eigenvalue weighted by Crippen LogP contribution is -2.73. The minimum absolute atomic E-state index is 0.0496. The maximum absolute atomic E-state index is 13.2. The quantitative estimate of drug-likeness (QED) is 0.806. The number of carbonyl (C=O) groups is 2. The molecule has 3 amide bonds. The van der Waals surface area contributed by atoms with Gasteiger partial charge >= 0.3 is 6.03 Å². The van der Waals surface area contributed by atoms with Gasteiger partial charge in [-0.05, 0) is 49.8 Å². The number of nitrogens with one attached hydrogen (secondary N) is 2. The monoisotopic (exact) mass is 411 g/mol. The van der Waals surface area contributed by atoms with E-state index in [0.29, 0.717) is 23.9 Å². The molecular formula is C22H26FN5O2. The molecule has 158 valence electrons. The maximum atomic E-state index is 13.2. The number of hydrogen-bond donors (Lipinski definition) is 2. The van der Waals surface area contributed by atoms with Crippen LogP contribution in [-0.2, 0) is 4.79 Å². The fraction of sp³-hybridized carbons (Fsp3) is 0.455. The molecule has 1 aliphatic heterocycles. The van der Waals surface area contributed by atoms with Gasteiger partial charge in [0.1, 0.15) is 0 Å². The number of nitrogens with zero attached hydrogens (tertiary/aromatic N) is 3. The summed E-state index contributed by atoms with van der Waals surface area (Å²) in [6, 6.07) is 5.45. The van der Waals surface area contributed by atoms with E-state index in [1.54, 1.807) is 13.1 Å². The average molecular weight is 411 g/mol. The van der Waals surface area contributed by atoms with Crippen molar-refractivity contribution >= 4 is 17.6 Å². The molecule has 0 unspecified atom stereocenters. The molecule has 3 atom stereocenters. The number of hydrogen-bond acceptors (Lipinski definition) is 4. The van der Waals surface area contributed by atoms with Crippen molar-refractivity contribution in [3.8, 4) is 11.4 Å². The molecule has 1 aliphatic carbocycles. The lowest BCUT2D eigenvalue weighted by molar-refractivity contribution is -0.134. The first kappa shape index (κ1) is 20.3. The number of likely N-dealkylation sites (tertiary alicyclic amines) is 1. The molecule has 7 nitrogen and oxygen atoms in total. The van der Waals surface area contributed by atoms with Gasteiger partial charge in [0, 0.05) is 24.3 Å². The molecule has 2 bridgehead atoms. The molecule has 2 aliphatic rings. The number of aromatic nitrogens is 2. The number of amides is 3. The van der Waals surface area contributed by atoms with Crippen molar-refractivity contribution < 1.29 is 14.0 Å². The van der Waals surface area contributed by atoms with Crippen LogP contribution in [-0.4, -0.2) is 45.4 Å². The largest absolute Gasteiger partial charge is 0.359 e. The molecule has 2 fully saturated rings. The predicted molar refractivity (Wildman–Crippen MR) is 111 cm³/mol. The van der Waals surface area contributed by atoms with E-state index in [1.807, 2.05) is 24.0 Å². The summed E-state index contributed by atoms with van der Waals surface area (Å²) in [5.41, 5.74) is 1.84. The van der Waals surface area contributed by atoms with Crippen molar-refractivity contribution in [1.29, 1.82) is 0 Å². The second kappa shape index (κ2) is 7.66. The summed E-state index contributed by atoms with van der Waals surface area (Å²) in [6.07, 6.45) is 5.20. The Hall–Kier alpha value is -3.03. The molecule has 8 heteroatoms. The Bertz CT molecular complexity index is 980. The fourth-order valence-electron chi connectivity index (χ4n) is 5.04. The van der Waals surface area contributed by atoms with Crippen LogP contribution in [0, 0.1) is 18.7 Å². The first-order chi connectivity index (χ1) is 14.3. The standard InChI is InChI=1S/C22H26FN5O2/c1-13-6-17-9-22(8-13,10-19(29)24-3)28(17)21(30)27-16-5-4-14(2)18(7-16)20-25-11-15(23)12-26-20/h4-5,7,11-13,17H,6,8-10H2,1-3H3,(H,24,29)(H,27,30)/t13-,17-,22+/m0/s1. The van der Waals surface area contributed by atoms with Gasteiger partial charge < -0.3 is 15.5 Å². The van der Waals surface area contributed by atoms with E-state index < -0.39 is 11.4 Å². The topological polar surface area (TPSA) is 87.2 Å². The summed E-state index contributed by atoms with van der Waals surface area (Å²) in [4.78, 5) is 35.2. The first-order valence-electron chi connectivity index (χ1n) is 10.2. The van der Waals surface area contributed by atoms with Crippen LogP contribution >= 0.6 is 0 Å². The van der Waals surface area contributed by atoms with Crippen LogP contribution < -0.4 is 10.6 Å². The highest BCUT2D eigenvalue weighted by atomic mass is 19.1. The van der Waals surface area contributed by atoms with E-state index in [2.05, 4.69) is 27.5 Å². The number of carbonyl (C=O) groups excluding carboxylic acids is 2. The van der Waals surface area contributed by atoms with Crippen molar-refractivity contribution in [2.24, 2.45) is 5.92 Å². The molecule has 1 saturated heterocycles. The van der Waals surface area contributed by atoms with E-state index in [9.17, 15) is 14.0 Å². The van der Waals surface area contributed by atoms with E-state index >= 15 is 0 Å². The molecule has 2 aromatic rings. The average Bonchev–Trinajstić information content (AvgIpc) is 2.69. The van der Waals surface area contributed by atoms with Gasteiger partial charge in [0.05, 0.1) is 24.4 Å². The van der Waals surface area contributed by atoms with E-state index in [4.69, 9.17) is 0 Å². The first-order valence-corrected chi connectivity index (χ1v) is 10.2. The molecule has 0 radical (unpaired) electrons. The minimum atomic E-state index is -0.499. The van der Waals surface area contributed by atoms with E-state index in [-0.39, 0.29) is 18.0 Å². The summed E-state index contributed by atoms with van der Waals surface area (Å²) in [5, 5.41) is 5.66. The van der Waals surface area contributed by atoms with Crippen LogP contribution in [0.1, 0.15) is 38.2 Å². The number of fused-ring (bicyclic) bond motifs is 2. The zero-order chi connectivity index (χ0) is 21.5. The van der Waals surface area contributed by atoms with Gasteiger partial charge in [-0.15, -0.1) is 0 Å². The third-order valence-corrected chi connectivity index (χ3v) is 6.23. The Kier molecular flexibility index (Phi) is 5.17. The van der Waals surface area contributed by atoms with Crippen LogP contribution in [0.3, 0.4) is 0 Å². The summed E-state index contributed by atoms with van der Waals surface area (Å²) < 4.78 is 13.2. The van der Waals surface area contributed by atoms with Crippen LogP contribution in [0.15, 0.2) is 30.6 Å². The van der Waals surface area contributed by atoms with Crippen LogP contribution in [0.5, 0.6) is 0 Å². The molecule has 1 saturated carbocycles. The van der Waals surface area contributed by atoms with Crippen molar-refractivity contribution in [3.63, 3.8) is 0 Å². The summed E-state index contributed by atoms with van der Waals surface area (Å²) in [7, 11) is 1.62. The third-order valence-electron chi connectivity index (χ3n) is 6.23. The van der Waals surface area contributed by atoms with Gasteiger partial charge in [-0.3, -0.25) is 4.79 Å². The highest BCUT2D eigenvalue weighted by Gasteiger charge is 2.58. The van der Waals surface area contributed by atoms with Crippen molar-refractivity contribution in [3.05, 3.63) is 42.0 Å². The molecule has 1 aromatic carbocycles. The number of halogens is 1. The van der Waals surface area contributed by atoms with Crippen molar-refractivity contribution in [2.75, 3.05) is 12.4 Å². The smallest absolute Gasteiger partial charge is 0.322 e. The number of rotatable bonds is 4. The van der Waals surface area contributed by atoms with Gasteiger partial charge in [0.2, 0.25) is 5.91 Å². The van der Waals surface area contributed by atoms with Gasteiger partial charge in [0.25, 0.3) is 0 Å². The van der Waals surface area contributed by atoms with Crippen molar-refractivity contribution in [1.82, 2.24) is 20.2 Å². The van der Waals surface area contributed by atoms with Gasteiger partial charge in [-0.1, -0.05) is 13.0 Å². The number of benzene rings is 1. The van der Waals surface area contributed by atoms with Crippen LogP contribution in [0.2, 0.25) is 0 Å². The molecule has 2 heterocycles. The molecule has 0 spiro atoms. The summed E-state index contributed by atoms with van der Waals surface area (Å²) in [5.74, 6) is 0.335. The Balaban J connectivity index is 1.56. The van der Waals surface area contributed by atoms with Gasteiger partial charge in [-0.25, -0.2) is 19.2 Å². The molecule has 4 rings (SSSR count). The second-order valence-corrected chi connectivity index (χ2v) is 8.53. The third kappa shape index (κ3) is 3.62. The Morgan fingerprint density at radius 2 is 2.00 bits per heavy atom. The highest BCUT2D eigenvalue weighted by molar-refractivity contribution is 5.92. The zero-order valence-corrected chi connectivity index (χ0v) is 17.4. The Morgan fingerprint density at radius 1 is 1.27 bits per heavy atom. The molecule has 1 aromatic heterocycles. The van der Waals surface area contributed by atoms with Crippen molar-refractivity contribution in [2.45, 2.75) is 51.1 Å². The number of anilines is 1. The summed E-state index contributed by atoms with van der Waals surface area (Å²) >= 11 is 0. The number of urea groups is 1. The fourth-order valence-corrected chi connectivity index (χ4v) is 5.04. The lowest BCUT2D eigenvalue weighted by atomic mass is 9.63. The van der Waals surface area contributed by atoms with Crippen LogP contribution in [0.25, 0.3) is 11.4 Å². The number of piperidine rings is 1. The second-order valence-electron chi connectivity index (χ2n) is 8.53. The zero-order valence-electron chi connectivity index (χ0n) is 17.4.